The Bertz CT molecular complexity index is 773. The summed E-state index contributed by atoms with van der Waals surface area (Å²) in [5.41, 5.74) is -0.205. The number of carbonyl (C=O) groups is 1. The predicted molar refractivity (Wildman–Crippen MR) is 92.6 cm³/mol. The van der Waals surface area contributed by atoms with Crippen molar-refractivity contribution in [1.82, 2.24) is 15.1 Å². The normalized spacial score (nSPS) is 20.8. The highest BCUT2D eigenvalue weighted by Crippen LogP contribution is 2.27. The fourth-order valence-corrected chi connectivity index (χ4v) is 2.84. The van der Waals surface area contributed by atoms with E-state index in [2.05, 4.69) is 20.4 Å². The minimum atomic E-state index is -0.632. The van der Waals surface area contributed by atoms with Gasteiger partial charge in [0.2, 0.25) is 11.2 Å². The number of carbonyl (C=O) groups excluding carboxylic acids is 1. The number of amides is 1. The molecule has 9 heteroatoms. The fourth-order valence-electron chi connectivity index (χ4n) is 2.70. The third-order valence-corrected chi connectivity index (χ3v) is 4.17. The number of hydrogen-bond donors (Lipinski definition) is 2. The van der Waals surface area contributed by atoms with Crippen molar-refractivity contribution in [3.8, 4) is 0 Å². The smallest absolute Gasteiger partial charge is 0.248 e. The topological polar surface area (TPSA) is 104 Å². The second-order valence-electron chi connectivity index (χ2n) is 7.06. The van der Waals surface area contributed by atoms with Crippen LogP contribution in [0, 0.1) is 0 Å². The third-order valence-electron chi connectivity index (χ3n) is 3.99. The summed E-state index contributed by atoms with van der Waals surface area (Å²) >= 11 is 5.83. The highest BCUT2D eigenvalue weighted by molar-refractivity contribution is 6.28. The Hall–Kier alpha value is -2.19. The zero-order valence-electron chi connectivity index (χ0n) is 14.2. The van der Waals surface area contributed by atoms with Gasteiger partial charge >= 0.3 is 0 Å². The van der Waals surface area contributed by atoms with E-state index in [1.54, 1.807) is 17.0 Å². The van der Waals surface area contributed by atoms with Gasteiger partial charge in [0.15, 0.2) is 5.82 Å². The zero-order valence-corrected chi connectivity index (χ0v) is 15.0. The Morgan fingerprint density at radius 3 is 2.88 bits per heavy atom. The molecule has 2 N–H and O–H groups in total. The monoisotopic (exact) mass is 365 g/mol. The summed E-state index contributed by atoms with van der Waals surface area (Å²) in [5.74, 6) is 1.22. The van der Waals surface area contributed by atoms with Crippen molar-refractivity contribution in [2.24, 2.45) is 0 Å². The van der Waals surface area contributed by atoms with Crippen LogP contribution in [0.1, 0.15) is 33.0 Å². The van der Waals surface area contributed by atoms with E-state index < -0.39 is 12.1 Å². The van der Waals surface area contributed by atoms with Gasteiger partial charge in [0.1, 0.15) is 17.6 Å². The lowest BCUT2D eigenvalue weighted by molar-refractivity contribution is -0.117. The number of nitrogens with zero attached hydrogens (tertiary/aromatic N) is 4. The van der Waals surface area contributed by atoms with Crippen LogP contribution in [-0.4, -0.2) is 44.8 Å². The summed E-state index contributed by atoms with van der Waals surface area (Å²) in [6.07, 6.45) is 1.17. The molecule has 1 amide bonds. The molecular formula is C16H20ClN5O3. The first kappa shape index (κ1) is 17.6. The molecule has 0 aliphatic carbocycles. The Morgan fingerprint density at radius 1 is 1.48 bits per heavy atom. The summed E-state index contributed by atoms with van der Waals surface area (Å²) in [6, 6.07) is 2.77. The van der Waals surface area contributed by atoms with E-state index in [1.165, 1.54) is 6.20 Å². The van der Waals surface area contributed by atoms with Gasteiger partial charge in [-0.1, -0.05) is 25.9 Å². The van der Waals surface area contributed by atoms with Crippen molar-refractivity contribution >= 4 is 29.1 Å². The second kappa shape index (κ2) is 6.61. The molecule has 1 saturated heterocycles. The molecule has 3 heterocycles. The summed E-state index contributed by atoms with van der Waals surface area (Å²) in [5, 5.41) is 16.7. The van der Waals surface area contributed by atoms with Crippen LogP contribution in [0.3, 0.4) is 0 Å². The molecule has 0 aromatic carbocycles. The van der Waals surface area contributed by atoms with Crippen molar-refractivity contribution in [2.75, 3.05) is 16.8 Å². The second-order valence-corrected chi connectivity index (χ2v) is 7.40. The van der Waals surface area contributed by atoms with E-state index in [4.69, 9.17) is 16.1 Å². The number of β-amino-alcohol motifs (C(OH)–C–C–N with tert-alkyl or cyclic N) is 1. The Kier molecular flexibility index (Phi) is 4.66. The summed E-state index contributed by atoms with van der Waals surface area (Å²) < 4.78 is 5.28. The molecule has 0 bridgehead atoms. The molecule has 8 nitrogen and oxygen atoms in total. The SMILES string of the molecule is CC(C)(C)c1cc(NC(=O)C2CC(O)CN2c2ccnc(Cl)n2)no1. The summed E-state index contributed by atoms with van der Waals surface area (Å²) in [4.78, 5) is 22.3. The van der Waals surface area contributed by atoms with Crippen LogP contribution in [0.4, 0.5) is 11.6 Å². The predicted octanol–water partition coefficient (Wildman–Crippen LogP) is 1.99. The minimum absolute atomic E-state index is 0.0874. The van der Waals surface area contributed by atoms with Gasteiger partial charge in [-0.25, -0.2) is 9.97 Å². The van der Waals surface area contributed by atoms with Crippen molar-refractivity contribution in [2.45, 2.75) is 44.8 Å². The standard InChI is InChI=1S/C16H20ClN5O3/c1-16(2,3)11-7-12(21-25-11)19-14(24)10-6-9(23)8-22(10)13-4-5-18-15(17)20-13/h4-5,7,9-10,23H,6,8H2,1-3H3,(H,19,21,24). The summed E-state index contributed by atoms with van der Waals surface area (Å²) in [6.45, 7) is 6.27. The number of hydrogen-bond acceptors (Lipinski definition) is 7. The first-order valence-corrected chi connectivity index (χ1v) is 8.33. The number of halogens is 1. The maximum atomic E-state index is 12.7. The lowest BCUT2D eigenvalue weighted by atomic mass is 9.93. The first-order chi connectivity index (χ1) is 11.7. The van der Waals surface area contributed by atoms with E-state index in [9.17, 15) is 9.90 Å². The van der Waals surface area contributed by atoms with Crippen molar-refractivity contribution in [3.05, 3.63) is 29.4 Å². The first-order valence-electron chi connectivity index (χ1n) is 7.95. The average Bonchev–Trinajstić information content (AvgIpc) is 3.13. The van der Waals surface area contributed by atoms with Crippen LogP contribution in [0.2, 0.25) is 5.28 Å². The van der Waals surface area contributed by atoms with E-state index in [0.29, 0.717) is 17.4 Å². The van der Waals surface area contributed by atoms with Gasteiger partial charge in [-0.3, -0.25) is 4.79 Å². The lowest BCUT2D eigenvalue weighted by Gasteiger charge is -2.24. The van der Waals surface area contributed by atoms with Gasteiger partial charge in [-0.05, 0) is 17.7 Å². The van der Waals surface area contributed by atoms with Crippen molar-refractivity contribution < 1.29 is 14.4 Å². The Balaban J connectivity index is 1.77. The molecular weight excluding hydrogens is 346 g/mol. The minimum Gasteiger partial charge on any atom is -0.391 e. The van der Waals surface area contributed by atoms with Crippen LogP contribution < -0.4 is 10.2 Å². The molecule has 134 valence electrons. The van der Waals surface area contributed by atoms with E-state index in [0.717, 1.165) is 0 Å². The third kappa shape index (κ3) is 3.91. The molecule has 1 fully saturated rings. The number of aliphatic hydroxyl groups excluding tert-OH is 1. The number of aromatic nitrogens is 3. The molecule has 1 aliphatic heterocycles. The highest BCUT2D eigenvalue weighted by Gasteiger charge is 2.37. The Morgan fingerprint density at radius 2 is 2.24 bits per heavy atom. The van der Waals surface area contributed by atoms with Gasteiger partial charge in [0.25, 0.3) is 0 Å². The Labute approximate surface area is 150 Å². The number of rotatable bonds is 3. The number of aliphatic hydroxyl groups is 1. The molecule has 2 atom stereocenters. The van der Waals surface area contributed by atoms with E-state index in [-0.39, 0.29) is 29.6 Å². The van der Waals surface area contributed by atoms with Gasteiger partial charge in [0.05, 0.1) is 6.10 Å². The van der Waals surface area contributed by atoms with Crippen LogP contribution >= 0.6 is 11.6 Å². The van der Waals surface area contributed by atoms with E-state index in [1.807, 2.05) is 20.8 Å². The maximum absolute atomic E-state index is 12.7. The highest BCUT2D eigenvalue weighted by atomic mass is 35.5. The molecule has 0 saturated carbocycles. The molecule has 1 aliphatic rings. The van der Waals surface area contributed by atoms with Crippen LogP contribution in [0.15, 0.2) is 22.9 Å². The van der Waals surface area contributed by atoms with Crippen LogP contribution in [-0.2, 0) is 10.2 Å². The molecule has 3 rings (SSSR count). The molecule has 0 spiro atoms. The van der Waals surface area contributed by atoms with Crippen LogP contribution in [0.5, 0.6) is 0 Å². The molecule has 2 aromatic heterocycles. The number of nitrogens with one attached hydrogen (secondary N) is 1. The number of anilines is 2. The quantitative estimate of drug-likeness (QED) is 0.801. The molecule has 0 radical (unpaired) electrons. The maximum Gasteiger partial charge on any atom is 0.248 e. The van der Waals surface area contributed by atoms with Crippen molar-refractivity contribution in [3.63, 3.8) is 0 Å². The van der Waals surface area contributed by atoms with E-state index >= 15 is 0 Å². The van der Waals surface area contributed by atoms with Crippen LogP contribution in [0.25, 0.3) is 0 Å². The van der Waals surface area contributed by atoms with Gasteiger partial charge in [-0.15, -0.1) is 0 Å². The van der Waals surface area contributed by atoms with Crippen molar-refractivity contribution in [1.29, 1.82) is 0 Å². The molecule has 25 heavy (non-hydrogen) atoms. The molecule has 2 unspecified atom stereocenters. The summed E-state index contributed by atoms with van der Waals surface area (Å²) in [7, 11) is 0. The van der Waals surface area contributed by atoms with Gasteiger partial charge in [-0.2, -0.15) is 0 Å². The molecule has 2 aromatic rings. The average molecular weight is 366 g/mol. The lowest BCUT2D eigenvalue weighted by Crippen LogP contribution is -2.40. The fraction of sp³-hybridized carbons (Fsp3) is 0.500. The van der Waals surface area contributed by atoms with Gasteiger partial charge in [0, 0.05) is 30.6 Å². The largest absolute Gasteiger partial charge is 0.391 e. The van der Waals surface area contributed by atoms with Gasteiger partial charge < -0.3 is 19.8 Å². The zero-order chi connectivity index (χ0) is 18.2.